The first-order valence-electron chi connectivity index (χ1n) is 6.65. The molecule has 19 heavy (non-hydrogen) atoms. The molecule has 1 aromatic heterocycles. The van der Waals surface area contributed by atoms with Crippen LogP contribution in [0.5, 0.6) is 0 Å². The summed E-state index contributed by atoms with van der Waals surface area (Å²) < 4.78 is 17.0. The van der Waals surface area contributed by atoms with E-state index in [-0.39, 0.29) is 6.10 Å². The zero-order valence-corrected chi connectivity index (χ0v) is 11.1. The van der Waals surface area contributed by atoms with Crippen LogP contribution in [0.4, 0.5) is 5.82 Å². The van der Waals surface area contributed by atoms with E-state index in [9.17, 15) is 0 Å². The molecule has 104 valence electrons. The van der Waals surface area contributed by atoms with Crippen LogP contribution in [-0.2, 0) is 14.2 Å². The normalized spacial score (nSPS) is 23.7. The number of hydrogen-bond donors (Lipinski definition) is 0. The second-order valence-corrected chi connectivity index (χ2v) is 4.96. The van der Waals surface area contributed by atoms with Crippen LogP contribution in [0.25, 0.3) is 0 Å². The first kappa shape index (κ1) is 12.8. The van der Waals surface area contributed by atoms with Gasteiger partial charge in [0.25, 0.3) is 0 Å². The average Bonchev–Trinajstić information content (AvgIpc) is 2.50. The summed E-state index contributed by atoms with van der Waals surface area (Å²) >= 11 is 0. The molecule has 3 rings (SSSR count). The SMILES string of the molecule is COC1COC2(CCN(c3cccnn3)CC2)OC1. The molecule has 2 aliphatic heterocycles. The van der Waals surface area contributed by atoms with E-state index in [2.05, 4.69) is 15.1 Å². The van der Waals surface area contributed by atoms with E-state index in [0.29, 0.717) is 13.2 Å². The van der Waals surface area contributed by atoms with E-state index < -0.39 is 5.79 Å². The third-order valence-corrected chi connectivity index (χ3v) is 3.81. The number of rotatable bonds is 2. The third-order valence-electron chi connectivity index (χ3n) is 3.81. The van der Waals surface area contributed by atoms with Crippen molar-refractivity contribution in [3.05, 3.63) is 18.3 Å². The maximum atomic E-state index is 5.88. The van der Waals surface area contributed by atoms with E-state index >= 15 is 0 Å². The van der Waals surface area contributed by atoms with Crippen molar-refractivity contribution in [3.63, 3.8) is 0 Å². The van der Waals surface area contributed by atoms with Gasteiger partial charge in [-0.2, -0.15) is 5.10 Å². The van der Waals surface area contributed by atoms with Gasteiger partial charge >= 0.3 is 0 Å². The van der Waals surface area contributed by atoms with Crippen molar-refractivity contribution >= 4 is 5.82 Å². The first-order valence-corrected chi connectivity index (χ1v) is 6.65. The quantitative estimate of drug-likeness (QED) is 0.789. The van der Waals surface area contributed by atoms with Gasteiger partial charge in [-0.05, 0) is 12.1 Å². The summed E-state index contributed by atoms with van der Waals surface area (Å²) in [4.78, 5) is 2.22. The van der Waals surface area contributed by atoms with E-state index in [0.717, 1.165) is 31.7 Å². The van der Waals surface area contributed by atoms with Gasteiger partial charge < -0.3 is 19.1 Å². The van der Waals surface area contributed by atoms with Crippen molar-refractivity contribution < 1.29 is 14.2 Å². The Balaban J connectivity index is 1.58. The molecule has 0 bridgehead atoms. The molecule has 0 amide bonds. The van der Waals surface area contributed by atoms with Crippen molar-refractivity contribution in [2.75, 3.05) is 38.3 Å². The maximum Gasteiger partial charge on any atom is 0.171 e. The molecule has 2 saturated heterocycles. The van der Waals surface area contributed by atoms with Crippen molar-refractivity contribution in [3.8, 4) is 0 Å². The predicted molar refractivity (Wildman–Crippen MR) is 68.9 cm³/mol. The number of ether oxygens (including phenoxy) is 3. The number of nitrogens with zero attached hydrogens (tertiary/aromatic N) is 3. The highest BCUT2D eigenvalue weighted by Crippen LogP contribution is 2.32. The highest BCUT2D eigenvalue weighted by atomic mass is 16.7. The second-order valence-electron chi connectivity index (χ2n) is 4.96. The van der Waals surface area contributed by atoms with Crippen LogP contribution in [0.2, 0.25) is 0 Å². The van der Waals surface area contributed by atoms with Gasteiger partial charge in [0.15, 0.2) is 11.6 Å². The van der Waals surface area contributed by atoms with Crippen LogP contribution in [0, 0.1) is 0 Å². The molecule has 6 nitrogen and oxygen atoms in total. The molecule has 1 aromatic rings. The van der Waals surface area contributed by atoms with Crippen LogP contribution in [0.15, 0.2) is 18.3 Å². The Hall–Kier alpha value is -1.24. The lowest BCUT2D eigenvalue weighted by atomic mass is 10.0. The Morgan fingerprint density at radius 2 is 2.05 bits per heavy atom. The van der Waals surface area contributed by atoms with Gasteiger partial charge in [-0.25, -0.2) is 0 Å². The van der Waals surface area contributed by atoms with Crippen LogP contribution < -0.4 is 4.90 Å². The lowest BCUT2D eigenvalue weighted by molar-refractivity contribution is -0.302. The lowest BCUT2D eigenvalue weighted by Gasteiger charge is -2.45. The maximum absolute atomic E-state index is 5.88. The molecule has 2 fully saturated rings. The molecule has 6 heteroatoms. The molecule has 0 unspecified atom stereocenters. The number of anilines is 1. The van der Waals surface area contributed by atoms with Gasteiger partial charge in [0, 0.05) is 39.2 Å². The van der Waals surface area contributed by atoms with E-state index in [1.807, 2.05) is 12.1 Å². The van der Waals surface area contributed by atoms with Crippen molar-refractivity contribution in [2.24, 2.45) is 0 Å². The smallest absolute Gasteiger partial charge is 0.171 e. The van der Waals surface area contributed by atoms with Crippen LogP contribution in [0.3, 0.4) is 0 Å². The third kappa shape index (κ3) is 2.70. The molecule has 0 N–H and O–H groups in total. The Kier molecular flexibility index (Phi) is 3.63. The number of methoxy groups -OCH3 is 1. The second kappa shape index (κ2) is 5.40. The zero-order chi connectivity index (χ0) is 13.1. The molecule has 3 heterocycles. The fraction of sp³-hybridized carbons (Fsp3) is 0.692. The fourth-order valence-corrected chi connectivity index (χ4v) is 2.54. The molecular weight excluding hydrogens is 246 g/mol. The summed E-state index contributed by atoms with van der Waals surface area (Å²) in [6, 6.07) is 3.89. The molecule has 0 atom stereocenters. The Labute approximate surface area is 112 Å². The van der Waals surface area contributed by atoms with Crippen LogP contribution >= 0.6 is 0 Å². The highest BCUT2D eigenvalue weighted by Gasteiger charge is 2.40. The summed E-state index contributed by atoms with van der Waals surface area (Å²) in [5.74, 6) is 0.496. The minimum atomic E-state index is -0.423. The van der Waals surface area contributed by atoms with Crippen molar-refractivity contribution in [1.29, 1.82) is 0 Å². The van der Waals surface area contributed by atoms with Crippen molar-refractivity contribution in [1.82, 2.24) is 10.2 Å². The Morgan fingerprint density at radius 3 is 2.63 bits per heavy atom. The van der Waals surface area contributed by atoms with Gasteiger partial charge in [0.05, 0.1) is 13.2 Å². The topological polar surface area (TPSA) is 56.7 Å². The Bertz CT molecular complexity index is 397. The minimum absolute atomic E-state index is 0.0589. The molecule has 0 saturated carbocycles. The Morgan fingerprint density at radius 1 is 1.32 bits per heavy atom. The average molecular weight is 265 g/mol. The number of hydrogen-bond acceptors (Lipinski definition) is 6. The summed E-state index contributed by atoms with van der Waals surface area (Å²) in [5.41, 5.74) is 0. The van der Waals surface area contributed by atoms with Gasteiger partial charge in [-0.1, -0.05) is 0 Å². The predicted octanol–water partition coefficient (Wildman–Crippen LogP) is 0.835. The van der Waals surface area contributed by atoms with E-state index in [4.69, 9.17) is 14.2 Å². The van der Waals surface area contributed by atoms with Gasteiger partial charge in [0.2, 0.25) is 0 Å². The number of piperidine rings is 1. The molecule has 0 aromatic carbocycles. The van der Waals surface area contributed by atoms with Gasteiger partial charge in [0.1, 0.15) is 6.10 Å². The molecule has 2 aliphatic rings. The van der Waals surface area contributed by atoms with Gasteiger partial charge in [-0.15, -0.1) is 5.10 Å². The minimum Gasteiger partial charge on any atom is -0.377 e. The summed E-state index contributed by atoms with van der Waals surface area (Å²) in [7, 11) is 1.69. The summed E-state index contributed by atoms with van der Waals surface area (Å²) in [6.07, 6.45) is 3.44. The molecule has 0 aliphatic carbocycles. The first-order chi connectivity index (χ1) is 9.31. The van der Waals surface area contributed by atoms with Gasteiger partial charge in [-0.3, -0.25) is 0 Å². The zero-order valence-electron chi connectivity index (χ0n) is 11.1. The monoisotopic (exact) mass is 265 g/mol. The lowest BCUT2D eigenvalue weighted by Crippen LogP contribution is -2.53. The highest BCUT2D eigenvalue weighted by molar-refractivity contribution is 5.36. The van der Waals surface area contributed by atoms with E-state index in [1.54, 1.807) is 13.3 Å². The molecule has 0 radical (unpaired) electrons. The molecular formula is C13H19N3O3. The van der Waals surface area contributed by atoms with Crippen molar-refractivity contribution in [2.45, 2.75) is 24.7 Å². The standard InChI is InChI=1S/C13H19N3O3/c1-17-11-9-18-13(19-10-11)4-7-16(8-5-13)12-3-2-6-14-15-12/h2-3,6,11H,4-5,7-10H2,1H3. The van der Waals surface area contributed by atoms with E-state index in [1.165, 1.54) is 0 Å². The fourth-order valence-electron chi connectivity index (χ4n) is 2.54. The van der Waals surface area contributed by atoms with Crippen LogP contribution in [-0.4, -0.2) is 55.5 Å². The summed E-state index contributed by atoms with van der Waals surface area (Å²) in [6.45, 7) is 2.97. The largest absolute Gasteiger partial charge is 0.377 e. The molecule has 1 spiro atoms. The summed E-state index contributed by atoms with van der Waals surface area (Å²) in [5, 5.41) is 8.05. The number of aromatic nitrogens is 2. The van der Waals surface area contributed by atoms with Crippen LogP contribution in [0.1, 0.15) is 12.8 Å².